The van der Waals surface area contributed by atoms with Crippen LogP contribution < -0.4 is 0 Å². The number of hydrogen-bond donors (Lipinski definition) is 1. The number of rotatable bonds is 3. The number of benzene rings is 1. The van der Waals surface area contributed by atoms with E-state index in [0.29, 0.717) is 25.3 Å². The first kappa shape index (κ1) is 13.9. The topological polar surface area (TPSA) is 54.7 Å². The second-order valence-corrected chi connectivity index (χ2v) is 5.07. The Kier molecular flexibility index (Phi) is 4.03. The Balaban J connectivity index is 1.80. The van der Waals surface area contributed by atoms with Crippen molar-refractivity contribution in [3.05, 3.63) is 54.4 Å². The van der Waals surface area contributed by atoms with Crippen LogP contribution in [0.3, 0.4) is 0 Å². The van der Waals surface area contributed by atoms with E-state index in [9.17, 15) is 4.79 Å². The van der Waals surface area contributed by atoms with Gasteiger partial charge in [0.15, 0.2) is 0 Å². The Morgan fingerprint density at radius 3 is 2.86 bits per heavy atom. The molecule has 5 nitrogen and oxygen atoms in total. The van der Waals surface area contributed by atoms with E-state index in [1.165, 1.54) is 0 Å². The molecule has 0 saturated carbocycles. The molecular weight excluding hydrogens is 268 g/mol. The molecule has 1 fully saturated rings. The van der Waals surface area contributed by atoms with Crippen LogP contribution in [0.15, 0.2) is 48.8 Å². The third-order valence-electron chi connectivity index (χ3n) is 3.63. The summed E-state index contributed by atoms with van der Waals surface area (Å²) in [4.78, 5) is 14.3. The number of nitrogens with zero attached hydrogens (tertiary/aromatic N) is 2. The predicted octanol–water partition coefficient (Wildman–Crippen LogP) is 1.31. The molecule has 0 aliphatic carbocycles. The zero-order chi connectivity index (χ0) is 14.7. The number of amides is 1. The van der Waals surface area contributed by atoms with E-state index in [0.717, 1.165) is 5.69 Å². The number of hydrogen-bond acceptors (Lipinski definition) is 3. The quantitative estimate of drug-likeness (QED) is 0.925. The molecule has 1 aromatic heterocycles. The monoisotopic (exact) mass is 286 g/mol. The van der Waals surface area contributed by atoms with Crippen LogP contribution in [0.1, 0.15) is 10.4 Å². The molecule has 0 radical (unpaired) electrons. The molecule has 2 aromatic rings. The van der Waals surface area contributed by atoms with Crippen LogP contribution in [0, 0.1) is 0 Å². The summed E-state index contributed by atoms with van der Waals surface area (Å²) >= 11 is 0. The van der Waals surface area contributed by atoms with Gasteiger partial charge in [0.25, 0.3) is 5.91 Å². The van der Waals surface area contributed by atoms with Gasteiger partial charge in [0.1, 0.15) is 0 Å². The minimum absolute atomic E-state index is 0.0224. The van der Waals surface area contributed by atoms with Gasteiger partial charge < -0.3 is 19.3 Å². The van der Waals surface area contributed by atoms with Crippen LogP contribution >= 0.6 is 0 Å². The van der Waals surface area contributed by atoms with Crippen LogP contribution in [0.25, 0.3) is 5.69 Å². The molecule has 21 heavy (non-hydrogen) atoms. The van der Waals surface area contributed by atoms with Gasteiger partial charge in [0, 0.05) is 36.7 Å². The van der Waals surface area contributed by atoms with Gasteiger partial charge in [-0.15, -0.1) is 0 Å². The summed E-state index contributed by atoms with van der Waals surface area (Å²) in [6.45, 7) is 1.40. The van der Waals surface area contributed by atoms with Crippen molar-refractivity contribution < 1.29 is 14.6 Å². The van der Waals surface area contributed by atoms with Gasteiger partial charge in [0.2, 0.25) is 0 Å². The van der Waals surface area contributed by atoms with Crippen molar-refractivity contribution in [1.29, 1.82) is 0 Å². The number of carbonyl (C=O) groups is 1. The maximum atomic E-state index is 12.6. The first-order chi connectivity index (χ1) is 10.3. The summed E-state index contributed by atoms with van der Waals surface area (Å²) in [5.41, 5.74) is 1.61. The van der Waals surface area contributed by atoms with Gasteiger partial charge in [-0.1, -0.05) is 6.07 Å². The van der Waals surface area contributed by atoms with Gasteiger partial charge >= 0.3 is 0 Å². The van der Waals surface area contributed by atoms with Gasteiger partial charge in [-0.2, -0.15) is 0 Å². The van der Waals surface area contributed by atoms with Crippen LogP contribution in [-0.2, 0) is 4.74 Å². The van der Waals surface area contributed by atoms with Gasteiger partial charge in [-0.05, 0) is 30.3 Å². The first-order valence-corrected chi connectivity index (χ1v) is 7.03. The lowest BCUT2D eigenvalue weighted by Gasteiger charge is -2.32. The first-order valence-electron chi connectivity index (χ1n) is 7.03. The molecule has 2 heterocycles. The summed E-state index contributed by atoms with van der Waals surface area (Å²) in [5.74, 6) is -0.0224. The Bertz CT molecular complexity index is 610. The average Bonchev–Trinajstić information content (AvgIpc) is 3.09. The molecular formula is C16H18N2O3. The molecule has 1 aliphatic heterocycles. The van der Waals surface area contributed by atoms with Crippen LogP contribution in [0.5, 0.6) is 0 Å². The van der Waals surface area contributed by atoms with E-state index in [2.05, 4.69) is 0 Å². The average molecular weight is 286 g/mol. The molecule has 1 N–H and O–H groups in total. The predicted molar refractivity (Wildman–Crippen MR) is 78.5 cm³/mol. The summed E-state index contributed by atoms with van der Waals surface area (Å²) in [6.07, 6.45) is 3.61. The molecule has 1 atom stereocenters. The minimum atomic E-state index is -0.282. The Hall–Kier alpha value is -2.11. The number of aromatic nitrogens is 1. The lowest BCUT2D eigenvalue weighted by molar-refractivity contribution is -0.0447. The Labute approximate surface area is 123 Å². The highest BCUT2D eigenvalue weighted by Crippen LogP contribution is 2.15. The fraction of sp³-hybridized carbons (Fsp3) is 0.312. The summed E-state index contributed by atoms with van der Waals surface area (Å²) in [5, 5.41) is 9.16. The van der Waals surface area contributed by atoms with Crippen molar-refractivity contribution in [2.75, 3.05) is 26.3 Å². The highest BCUT2D eigenvalue weighted by atomic mass is 16.5. The molecule has 1 amide bonds. The van der Waals surface area contributed by atoms with Crippen LogP contribution in [0.4, 0.5) is 0 Å². The fourth-order valence-electron chi connectivity index (χ4n) is 2.50. The highest BCUT2D eigenvalue weighted by Gasteiger charge is 2.24. The number of aliphatic hydroxyl groups excluding tert-OH is 1. The standard InChI is InChI=1S/C16H18N2O3/c19-12-15-11-18(8-9-21-15)16(20)13-4-3-5-14(10-13)17-6-1-2-7-17/h1-7,10,15,19H,8-9,11-12H2. The summed E-state index contributed by atoms with van der Waals surface area (Å²) in [7, 11) is 0. The zero-order valence-electron chi connectivity index (χ0n) is 11.7. The lowest BCUT2D eigenvalue weighted by atomic mass is 10.1. The van der Waals surface area contributed by atoms with Crippen molar-refractivity contribution in [2.45, 2.75) is 6.10 Å². The second kappa shape index (κ2) is 6.11. The normalized spacial score (nSPS) is 18.7. The Morgan fingerprint density at radius 2 is 2.10 bits per heavy atom. The van der Waals surface area contributed by atoms with Crippen molar-refractivity contribution in [2.24, 2.45) is 0 Å². The van der Waals surface area contributed by atoms with Gasteiger partial charge in [-0.25, -0.2) is 0 Å². The van der Waals surface area contributed by atoms with E-state index < -0.39 is 0 Å². The third-order valence-corrected chi connectivity index (χ3v) is 3.63. The van der Waals surface area contributed by atoms with Crippen molar-refractivity contribution in [3.8, 4) is 5.69 Å². The second-order valence-electron chi connectivity index (χ2n) is 5.07. The minimum Gasteiger partial charge on any atom is -0.394 e. The van der Waals surface area contributed by atoms with Crippen LogP contribution in [-0.4, -0.2) is 52.9 Å². The summed E-state index contributed by atoms with van der Waals surface area (Å²) in [6, 6.07) is 11.4. The molecule has 0 bridgehead atoms. The van der Waals surface area contributed by atoms with E-state index in [1.807, 2.05) is 53.4 Å². The van der Waals surface area contributed by atoms with E-state index in [1.54, 1.807) is 4.90 Å². The number of carbonyl (C=O) groups excluding carboxylic acids is 1. The zero-order valence-corrected chi connectivity index (χ0v) is 11.7. The van der Waals surface area contributed by atoms with Crippen LogP contribution in [0.2, 0.25) is 0 Å². The lowest BCUT2D eigenvalue weighted by Crippen LogP contribution is -2.46. The van der Waals surface area contributed by atoms with Crippen molar-refractivity contribution in [3.63, 3.8) is 0 Å². The SMILES string of the molecule is O=C(c1cccc(-n2cccc2)c1)N1CCOC(CO)C1. The molecule has 5 heteroatoms. The van der Waals surface area contributed by atoms with Gasteiger partial charge in [-0.3, -0.25) is 4.79 Å². The maximum Gasteiger partial charge on any atom is 0.254 e. The molecule has 0 spiro atoms. The third kappa shape index (κ3) is 2.99. The van der Waals surface area contributed by atoms with Crippen molar-refractivity contribution >= 4 is 5.91 Å². The molecule has 1 saturated heterocycles. The molecule has 1 unspecified atom stereocenters. The van der Waals surface area contributed by atoms with Gasteiger partial charge in [0.05, 0.1) is 19.3 Å². The molecule has 110 valence electrons. The fourth-order valence-corrected chi connectivity index (χ4v) is 2.50. The van der Waals surface area contributed by atoms with E-state index >= 15 is 0 Å². The number of ether oxygens (including phenoxy) is 1. The van der Waals surface area contributed by atoms with E-state index in [4.69, 9.17) is 9.84 Å². The van der Waals surface area contributed by atoms with Crippen molar-refractivity contribution in [1.82, 2.24) is 9.47 Å². The molecule has 1 aliphatic rings. The Morgan fingerprint density at radius 1 is 1.29 bits per heavy atom. The highest BCUT2D eigenvalue weighted by molar-refractivity contribution is 5.94. The maximum absolute atomic E-state index is 12.6. The number of morpholine rings is 1. The molecule has 3 rings (SSSR count). The van der Waals surface area contributed by atoms with E-state index in [-0.39, 0.29) is 18.6 Å². The number of aliphatic hydroxyl groups is 1. The summed E-state index contributed by atoms with van der Waals surface area (Å²) < 4.78 is 7.34. The smallest absolute Gasteiger partial charge is 0.254 e. The molecule has 1 aromatic carbocycles. The largest absolute Gasteiger partial charge is 0.394 e.